The van der Waals surface area contributed by atoms with Crippen molar-refractivity contribution in [1.82, 2.24) is 9.80 Å². The lowest BCUT2D eigenvalue weighted by Gasteiger charge is -2.17. The molecule has 1 atom stereocenters. The fourth-order valence-electron chi connectivity index (χ4n) is 2.63. The SMILES string of the molecule is COCCCN1C(=O)c2ccc(C(=O)O[C@H](C)C(=O)N(C)C)cc2C1=O. The van der Waals surface area contributed by atoms with Crippen molar-refractivity contribution in [2.45, 2.75) is 19.4 Å². The van der Waals surface area contributed by atoms with E-state index in [1.165, 1.54) is 30.0 Å². The zero-order chi connectivity index (χ0) is 19.4. The second kappa shape index (κ2) is 8.09. The molecule has 3 amide bonds. The average Bonchev–Trinajstić information content (AvgIpc) is 2.85. The van der Waals surface area contributed by atoms with Crippen LogP contribution in [0.25, 0.3) is 0 Å². The van der Waals surface area contributed by atoms with E-state index >= 15 is 0 Å². The van der Waals surface area contributed by atoms with Crippen molar-refractivity contribution in [3.63, 3.8) is 0 Å². The van der Waals surface area contributed by atoms with Crippen molar-refractivity contribution in [2.24, 2.45) is 0 Å². The summed E-state index contributed by atoms with van der Waals surface area (Å²) in [5.74, 6) is -1.92. The number of carbonyl (C=O) groups is 4. The molecule has 0 saturated carbocycles. The van der Waals surface area contributed by atoms with Gasteiger partial charge in [0.1, 0.15) is 0 Å². The molecule has 26 heavy (non-hydrogen) atoms. The Morgan fingerprint density at radius 1 is 1.15 bits per heavy atom. The van der Waals surface area contributed by atoms with E-state index in [0.717, 1.165) is 4.90 Å². The molecule has 0 saturated heterocycles. The first-order chi connectivity index (χ1) is 12.3. The van der Waals surface area contributed by atoms with E-state index < -0.39 is 23.9 Å². The lowest BCUT2D eigenvalue weighted by atomic mass is 10.1. The number of imide groups is 1. The Balaban J connectivity index is 2.15. The highest BCUT2D eigenvalue weighted by Crippen LogP contribution is 2.24. The molecule has 0 spiro atoms. The van der Waals surface area contributed by atoms with Gasteiger partial charge in [0.2, 0.25) is 0 Å². The van der Waals surface area contributed by atoms with Crippen molar-refractivity contribution < 1.29 is 28.7 Å². The number of fused-ring (bicyclic) bond motifs is 1. The molecule has 0 aliphatic carbocycles. The number of hydrogen-bond acceptors (Lipinski definition) is 6. The topological polar surface area (TPSA) is 93.2 Å². The quantitative estimate of drug-likeness (QED) is 0.407. The second-order valence-electron chi connectivity index (χ2n) is 6.15. The highest BCUT2D eigenvalue weighted by Gasteiger charge is 2.35. The molecule has 0 unspecified atom stereocenters. The predicted octanol–water partition coefficient (Wildman–Crippen LogP) is 0.953. The number of methoxy groups -OCH3 is 1. The monoisotopic (exact) mass is 362 g/mol. The van der Waals surface area contributed by atoms with Crippen molar-refractivity contribution in [3.8, 4) is 0 Å². The van der Waals surface area contributed by atoms with Crippen LogP contribution >= 0.6 is 0 Å². The summed E-state index contributed by atoms with van der Waals surface area (Å²) in [4.78, 5) is 51.3. The molecule has 1 heterocycles. The molecule has 140 valence electrons. The van der Waals surface area contributed by atoms with E-state index in [4.69, 9.17) is 9.47 Å². The number of benzene rings is 1. The Morgan fingerprint density at radius 3 is 2.42 bits per heavy atom. The number of ether oxygens (including phenoxy) is 2. The molecule has 0 N–H and O–H groups in total. The van der Waals surface area contributed by atoms with E-state index in [2.05, 4.69) is 0 Å². The Kier molecular flexibility index (Phi) is 6.10. The van der Waals surface area contributed by atoms with E-state index in [1.54, 1.807) is 21.2 Å². The fourth-order valence-corrected chi connectivity index (χ4v) is 2.63. The molecule has 1 aromatic rings. The zero-order valence-electron chi connectivity index (χ0n) is 15.3. The van der Waals surface area contributed by atoms with Crippen LogP contribution in [-0.2, 0) is 14.3 Å². The Labute approximate surface area is 151 Å². The summed E-state index contributed by atoms with van der Waals surface area (Å²) in [6.07, 6.45) is -0.422. The largest absolute Gasteiger partial charge is 0.449 e. The minimum absolute atomic E-state index is 0.113. The van der Waals surface area contributed by atoms with Gasteiger partial charge < -0.3 is 14.4 Å². The molecule has 8 heteroatoms. The summed E-state index contributed by atoms with van der Waals surface area (Å²) < 4.78 is 10.1. The molecule has 0 radical (unpaired) electrons. The number of amides is 3. The van der Waals surface area contributed by atoms with Gasteiger partial charge in [-0.05, 0) is 31.5 Å². The summed E-state index contributed by atoms with van der Waals surface area (Å²) in [6.45, 7) is 2.15. The van der Waals surface area contributed by atoms with Gasteiger partial charge in [-0.3, -0.25) is 19.3 Å². The summed E-state index contributed by atoms with van der Waals surface area (Å²) in [5, 5.41) is 0. The standard InChI is InChI=1S/C18H22N2O6/c1-11(15(21)19(2)3)26-18(24)12-6-7-13-14(10-12)17(23)20(16(13)22)8-5-9-25-4/h6-7,10-11H,5,8-9H2,1-4H3/t11-/m1/s1. The van der Waals surface area contributed by atoms with Crippen LogP contribution in [-0.4, -0.2) is 74.0 Å². The Bertz CT molecular complexity index is 743. The number of esters is 1. The molecule has 1 aliphatic heterocycles. The lowest BCUT2D eigenvalue weighted by Crippen LogP contribution is -2.34. The van der Waals surface area contributed by atoms with Gasteiger partial charge in [0.25, 0.3) is 17.7 Å². The third-order valence-corrected chi connectivity index (χ3v) is 4.01. The number of hydrogen-bond donors (Lipinski definition) is 0. The normalized spacial score (nSPS) is 14.2. The molecule has 8 nitrogen and oxygen atoms in total. The van der Waals surface area contributed by atoms with Crippen molar-refractivity contribution in [2.75, 3.05) is 34.4 Å². The van der Waals surface area contributed by atoms with Crippen LogP contribution in [0.15, 0.2) is 18.2 Å². The van der Waals surface area contributed by atoms with E-state index in [-0.39, 0.29) is 29.1 Å². The van der Waals surface area contributed by atoms with Gasteiger partial charge in [-0.1, -0.05) is 0 Å². The molecule has 0 aromatic heterocycles. The van der Waals surface area contributed by atoms with Crippen LogP contribution in [0.5, 0.6) is 0 Å². The van der Waals surface area contributed by atoms with Crippen LogP contribution < -0.4 is 0 Å². The fraction of sp³-hybridized carbons (Fsp3) is 0.444. The highest BCUT2D eigenvalue weighted by atomic mass is 16.5. The number of carbonyl (C=O) groups excluding carboxylic acids is 4. The first-order valence-corrected chi connectivity index (χ1v) is 8.19. The van der Waals surface area contributed by atoms with Gasteiger partial charge in [-0.2, -0.15) is 0 Å². The van der Waals surface area contributed by atoms with E-state index in [9.17, 15) is 19.2 Å². The van der Waals surface area contributed by atoms with Gasteiger partial charge in [0.15, 0.2) is 6.10 Å². The lowest BCUT2D eigenvalue weighted by molar-refractivity contribution is -0.137. The minimum atomic E-state index is -0.950. The second-order valence-corrected chi connectivity index (χ2v) is 6.15. The van der Waals surface area contributed by atoms with Crippen LogP contribution in [0.3, 0.4) is 0 Å². The first-order valence-electron chi connectivity index (χ1n) is 8.19. The number of rotatable bonds is 7. The smallest absolute Gasteiger partial charge is 0.338 e. The summed E-state index contributed by atoms with van der Waals surface area (Å²) >= 11 is 0. The van der Waals surface area contributed by atoms with Crippen LogP contribution in [0.1, 0.15) is 44.4 Å². The molecule has 0 fully saturated rings. The highest BCUT2D eigenvalue weighted by molar-refractivity contribution is 6.22. The third kappa shape index (κ3) is 3.91. The van der Waals surface area contributed by atoms with Gasteiger partial charge >= 0.3 is 5.97 Å². The summed E-state index contributed by atoms with van der Waals surface area (Å²) in [6, 6.07) is 4.18. The molecular formula is C18H22N2O6. The predicted molar refractivity (Wildman–Crippen MR) is 91.9 cm³/mol. The van der Waals surface area contributed by atoms with Crippen LogP contribution in [0.4, 0.5) is 0 Å². The van der Waals surface area contributed by atoms with Crippen molar-refractivity contribution >= 4 is 23.7 Å². The molecular weight excluding hydrogens is 340 g/mol. The number of likely N-dealkylation sites (N-methyl/N-ethyl adjacent to an activating group) is 1. The van der Waals surface area contributed by atoms with E-state index in [1.807, 2.05) is 0 Å². The van der Waals surface area contributed by atoms with Gasteiger partial charge in [-0.15, -0.1) is 0 Å². The van der Waals surface area contributed by atoms with Gasteiger partial charge in [0, 0.05) is 34.4 Å². The Morgan fingerprint density at radius 2 is 1.81 bits per heavy atom. The summed E-state index contributed by atoms with van der Waals surface area (Å²) in [7, 11) is 4.66. The maximum atomic E-state index is 12.4. The minimum Gasteiger partial charge on any atom is -0.449 e. The van der Waals surface area contributed by atoms with Gasteiger partial charge in [-0.25, -0.2) is 4.79 Å². The van der Waals surface area contributed by atoms with Crippen molar-refractivity contribution in [3.05, 3.63) is 34.9 Å². The first kappa shape index (κ1) is 19.6. The molecule has 0 bridgehead atoms. The Hall–Kier alpha value is -2.74. The van der Waals surface area contributed by atoms with Gasteiger partial charge in [0.05, 0.1) is 16.7 Å². The molecule has 1 aromatic carbocycles. The van der Waals surface area contributed by atoms with Crippen LogP contribution in [0.2, 0.25) is 0 Å². The maximum Gasteiger partial charge on any atom is 0.338 e. The molecule has 1 aliphatic rings. The zero-order valence-corrected chi connectivity index (χ0v) is 15.3. The number of nitrogens with zero attached hydrogens (tertiary/aromatic N) is 2. The van der Waals surface area contributed by atoms with Crippen LogP contribution in [0, 0.1) is 0 Å². The average molecular weight is 362 g/mol. The van der Waals surface area contributed by atoms with Crippen molar-refractivity contribution in [1.29, 1.82) is 0 Å². The van der Waals surface area contributed by atoms with E-state index in [0.29, 0.717) is 13.0 Å². The third-order valence-electron chi connectivity index (χ3n) is 4.01. The maximum absolute atomic E-state index is 12.4. The summed E-state index contributed by atoms with van der Waals surface area (Å²) in [5.41, 5.74) is 0.525. The molecule has 2 rings (SSSR count).